The van der Waals surface area contributed by atoms with Gasteiger partial charge in [0, 0.05) is 4.90 Å². The van der Waals surface area contributed by atoms with Gasteiger partial charge in [-0.1, -0.05) is 29.5 Å². The second-order valence-electron chi connectivity index (χ2n) is 4.57. The number of hydrogen-bond donors (Lipinski definition) is 0. The standard InChI is InChI=1S/C17H19NO3S/c1-4-20-16-14(17(19)21-5-2)10-11-15(18-16)22-13-8-6-12(3)7-9-13/h6-11H,4-5H2,1-3H3. The summed E-state index contributed by atoms with van der Waals surface area (Å²) in [5, 5.41) is 0.778. The molecule has 0 radical (unpaired) electrons. The van der Waals surface area contributed by atoms with E-state index in [0.29, 0.717) is 24.7 Å². The number of pyridine rings is 1. The van der Waals surface area contributed by atoms with Crippen LogP contribution in [0.15, 0.2) is 46.3 Å². The summed E-state index contributed by atoms with van der Waals surface area (Å²) in [5.74, 6) is -0.0941. The molecule has 2 aromatic rings. The van der Waals surface area contributed by atoms with Crippen molar-refractivity contribution in [1.29, 1.82) is 0 Å². The minimum atomic E-state index is -0.412. The first-order valence-corrected chi connectivity index (χ1v) is 8.01. The highest BCUT2D eigenvalue weighted by Gasteiger charge is 2.16. The Kier molecular flexibility index (Phi) is 5.83. The molecule has 4 nitrogen and oxygen atoms in total. The van der Waals surface area contributed by atoms with Crippen LogP contribution >= 0.6 is 11.8 Å². The maximum Gasteiger partial charge on any atom is 0.343 e. The Morgan fingerprint density at radius 1 is 1.09 bits per heavy atom. The molecule has 116 valence electrons. The molecule has 0 saturated carbocycles. The molecule has 1 heterocycles. The number of carbonyl (C=O) groups is 1. The van der Waals surface area contributed by atoms with Gasteiger partial charge in [0.2, 0.25) is 5.88 Å². The molecule has 2 rings (SSSR count). The number of aryl methyl sites for hydroxylation is 1. The molecule has 0 saturated heterocycles. The highest BCUT2D eigenvalue weighted by atomic mass is 32.2. The Balaban J connectivity index is 2.24. The quantitative estimate of drug-likeness (QED) is 0.750. The molecule has 1 aromatic heterocycles. The highest BCUT2D eigenvalue weighted by Crippen LogP contribution is 2.29. The molecule has 0 unspecified atom stereocenters. The molecule has 22 heavy (non-hydrogen) atoms. The monoisotopic (exact) mass is 317 g/mol. The zero-order valence-corrected chi connectivity index (χ0v) is 13.8. The predicted octanol–water partition coefficient (Wildman–Crippen LogP) is 4.12. The molecular weight excluding hydrogens is 298 g/mol. The van der Waals surface area contributed by atoms with E-state index in [1.54, 1.807) is 19.1 Å². The van der Waals surface area contributed by atoms with Crippen molar-refractivity contribution in [3.8, 4) is 5.88 Å². The van der Waals surface area contributed by atoms with E-state index in [2.05, 4.69) is 17.1 Å². The SMILES string of the molecule is CCOC(=O)c1ccc(Sc2ccc(C)cc2)nc1OCC. The Hall–Kier alpha value is -2.01. The van der Waals surface area contributed by atoms with Gasteiger partial charge in [-0.2, -0.15) is 0 Å². The second-order valence-corrected chi connectivity index (χ2v) is 5.66. The molecule has 0 N–H and O–H groups in total. The lowest BCUT2D eigenvalue weighted by Gasteiger charge is -2.10. The largest absolute Gasteiger partial charge is 0.477 e. The lowest BCUT2D eigenvalue weighted by atomic mass is 10.2. The fourth-order valence-electron chi connectivity index (χ4n) is 1.82. The molecule has 0 aliphatic carbocycles. The number of nitrogens with zero attached hydrogens (tertiary/aromatic N) is 1. The number of ether oxygens (including phenoxy) is 2. The number of benzene rings is 1. The fraction of sp³-hybridized carbons (Fsp3) is 0.294. The Bertz CT molecular complexity index is 641. The van der Waals surface area contributed by atoms with Gasteiger partial charge >= 0.3 is 5.97 Å². The second kappa shape index (κ2) is 7.84. The van der Waals surface area contributed by atoms with Crippen molar-refractivity contribution in [2.45, 2.75) is 30.7 Å². The molecule has 0 amide bonds. The zero-order valence-electron chi connectivity index (χ0n) is 13.0. The van der Waals surface area contributed by atoms with Gasteiger partial charge in [-0.15, -0.1) is 0 Å². The van der Waals surface area contributed by atoms with E-state index in [1.807, 2.05) is 26.0 Å². The van der Waals surface area contributed by atoms with E-state index in [1.165, 1.54) is 17.3 Å². The van der Waals surface area contributed by atoms with Crippen LogP contribution < -0.4 is 4.74 Å². The minimum Gasteiger partial charge on any atom is -0.477 e. The molecule has 0 aliphatic rings. The lowest BCUT2D eigenvalue weighted by molar-refractivity contribution is 0.0520. The summed E-state index contributed by atoms with van der Waals surface area (Å²) >= 11 is 1.53. The van der Waals surface area contributed by atoms with Crippen LogP contribution in [0.1, 0.15) is 29.8 Å². The van der Waals surface area contributed by atoms with Crippen molar-refractivity contribution in [3.05, 3.63) is 47.5 Å². The summed E-state index contributed by atoms with van der Waals surface area (Å²) in [7, 11) is 0. The van der Waals surface area contributed by atoms with Gasteiger partial charge in [0.1, 0.15) is 10.6 Å². The highest BCUT2D eigenvalue weighted by molar-refractivity contribution is 7.99. The average molecular weight is 317 g/mol. The summed E-state index contributed by atoms with van der Waals surface area (Å²) in [6.07, 6.45) is 0. The normalized spacial score (nSPS) is 10.3. The van der Waals surface area contributed by atoms with Crippen LogP contribution in [0.4, 0.5) is 0 Å². The van der Waals surface area contributed by atoms with Crippen LogP contribution in [0.5, 0.6) is 5.88 Å². The third-order valence-corrected chi connectivity index (χ3v) is 3.80. The molecule has 0 bridgehead atoms. The Morgan fingerprint density at radius 3 is 2.45 bits per heavy atom. The maximum atomic E-state index is 11.9. The molecule has 0 spiro atoms. The molecule has 1 aromatic carbocycles. The van der Waals surface area contributed by atoms with E-state index in [9.17, 15) is 4.79 Å². The lowest BCUT2D eigenvalue weighted by Crippen LogP contribution is -2.09. The van der Waals surface area contributed by atoms with E-state index < -0.39 is 5.97 Å². The summed E-state index contributed by atoms with van der Waals surface area (Å²) < 4.78 is 10.5. The third kappa shape index (κ3) is 4.24. The summed E-state index contributed by atoms with van der Waals surface area (Å²) in [5.41, 5.74) is 1.57. The first kappa shape index (κ1) is 16.4. The maximum absolute atomic E-state index is 11.9. The number of hydrogen-bond acceptors (Lipinski definition) is 5. The fourth-order valence-corrected chi connectivity index (χ4v) is 2.60. The topological polar surface area (TPSA) is 48.4 Å². The van der Waals surface area contributed by atoms with E-state index in [-0.39, 0.29) is 0 Å². The molecule has 5 heteroatoms. The van der Waals surface area contributed by atoms with E-state index >= 15 is 0 Å². The van der Waals surface area contributed by atoms with E-state index in [4.69, 9.17) is 9.47 Å². The van der Waals surface area contributed by atoms with Gasteiger partial charge in [0.05, 0.1) is 13.2 Å². The van der Waals surface area contributed by atoms with Crippen molar-refractivity contribution < 1.29 is 14.3 Å². The van der Waals surface area contributed by atoms with Gasteiger partial charge in [0.25, 0.3) is 0 Å². The van der Waals surface area contributed by atoms with Crippen LogP contribution in [0.25, 0.3) is 0 Å². The van der Waals surface area contributed by atoms with Crippen LogP contribution in [0.3, 0.4) is 0 Å². The van der Waals surface area contributed by atoms with Crippen molar-refractivity contribution >= 4 is 17.7 Å². The van der Waals surface area contributed by atoms with Gasteiger partial charge in [-0.3, -0.25) is 0 Å². The van der Waals surface area contributed by atoms with E-state index in [0.717, 1.165) is 9.92 Å². The van der Waals surface area contributed by atoms with Gasteiger partial charge < -0.3 is 9.47 Å². The number of esters is 1. The average Bonchev–Trinajstić information content (AvgIpc) is 2.50. The first-order chi connectivity index (χ1) is 10.6. The first-order valence-electron chi connectivity index (χ1n) is 7.19. The molecule has 0 fully saturated rings. The molecule has 0 atom stereocenters. The number of rotatable bonds is 6. The molecular formula is C17H19NO3S. The number of aromatic nitrogens is 1. The smallest absolute Gasteiger partial charge is 0.343 e. The van der Waals surface area contributed by atoms with Crippen molar-refractivity contribution in [2.75, 3.05) is 13.2 Å². The van der Waals surface area contributed by atoms with Gasteiger partial charge in [-0.25, -0.2) is 9.78 Å². The number of carbonyl (C=O) groups excluding carboxylic acids is 1. The van der Waals surface area contributed by atoms with Gasteiger partial charge in [-0.05, 0) is 45.0 Å². The van der Waals surface area contributed by atoms with Crippen LogP contribution in [0, 0.1) is 6.92 Å². The van der Waals surface area contributed by atoms with Crippen LogP contribution in [0.2, 0.25) is 0 Å². The third-order valence-electron chi connectivity index (χ3n) is 2.85. The zero-order chi connectivity index (χ0) is 15.9. The van der Waals surface area contributed by atoms with Crippen LogP contribution in [-0.4, -0.2) is 24.2 Å². The van der Waals surface area contributed by atoms with Crippen LogP contribution in [-0.2, 0) is 4.74 Å². The van der Waals surface area contributed by atoms with Gasteiger partial charge in [0.15, 0.2) is 0 Å². The van der Waals surface area contributed by atoms with Crippen molar-refractivity contribution in [1.82, 2.24) is 4.98 Å². The Labute approximate surface area is 134 Å². The Morgan fingerprint density at radius 2 is 1.82 bits per heavy atom. The predicted molar refractivity (Wildman–Crippen MR) is 86.7 cm³/mol. The molecule has 0 aliphatic heterocycles. The van der Waals surface area contributed by atoms with Crippen molar-refractivity contribution in [2.24, 2.45) is 0 Å². The summed E-state index contributed by atoms with van der Waals surface area (Å²) in [6.45, 7) is 6.44. The summed E-state index contributed by atoms with van der Waals surface area (Å²) in [4.78, 5) is 17.4. The van der Waals surface area contributed by atoms with Crippen molar-refractivity contribution in [3.63, 3.8) is 0 Å². The minimum absolute atomic E-state index is 0.318. The summed E-state index contributed by atoms with van der Waals surface area (Å²) in [6, 6.07) is 11.7.